The molecule has 0 amide bonds. The minimum absolute atomic E-state index is 0.0879. The van der Waals surface area contributed by atoms with Gasteiger partial charge in [-0.2, -0.15) is 0 Å². The molecule has 1 heterocycles. The molecule has 1 saturated heterocycles. The van der Waals surface area contributed by atoms with Crippen molar-refractivity contribution in [3.05, 3.63) is 29.3 Å². The van der Waals surface area contributed by atoms with Gasteiger partial charge in [0.25, 0.3) is 0 Å². The maximum absolute atomic E-state index is 6.59. The number of hydrogen-bond donors (Lipinski definition) is 1. The van der Waals surface area contributed by atoms with E-state index in [4.69, 9.17) is 15.2 Å². The standard InChI is InChI=1S/C17H26N2O2/c1-12-11-19(8-3-9-21-12)16-7-4-13-10-14(20-2)5-6-15(13)17(16)18/h5-6,10,12,16-17H,3-4,7-9,11,18H2,1-2H3. The maximum atomic E-state index is 6.59. The van der Waals surface area contributed by atoms with E-state index >= 15 is 0 Å². The van der Waals surface area contributed by atoms with Gasteiger partial charge in [0.1, 0.15) is 5.75 Å². The molecule has 4 nitrogen and oxygen atoms in total. The molecule has 116 valence electrons. The second-order valence-corrected chi connectivity index (χ2v) is 6.23. The van der Waals surface area contributed by atoms with E-state index in [1.54, 1.807) is 7.11 Å². The van der Waals surface area contributed by atoms with Gasteiger partial charge in [0.15, 0.2) is 0 Å². The molecule has 3 rings (SSSR count). The lowest BCUT2D eigenvalue weighted by Gasteiger charge is -2.39. The number of nitrogens with two attached hydrogens (primary N) is 1. The minimum Gasteiger partial charge on any atom is -0.497 e. The molecule has 3 atom stereocenters. The minimum atomic E-state index is 0.0879. The highest BCUT2D eigenvalue weighted by Crippen LogP contribution is 2.34. The monoisotopic (exact) mass is 290 g/mol. The lowest BCUT2D eigenvalue weighted by atomic mass is 9.83. The number of ether oxygens (including phenoxy) is 2. The van der Waals surface area contributed by atoms with Crippen molar-refractivity contribution in [2.24, 2.45) is 5.73 Å². The SMILES string of the molecule is COc1ccc2c(c1)CCC(N1CCCOC(C)C1)C2N. The average molecular weight is 290 g/mol. The fraction of sp³-hybridized carbons (Fsp3) is 0.647. The molecule has 1 aromatic rings. The zero-order chi connectivity index (χ0) is 14.8. The van der Waals surface area contributed by atoms with Crippen molar-refractivity contribution in [3.8, 4) is 5.75 Å². The van der Waals surface area contributed by atoms with Crippen LogP contribution in [-0.4, -0.2) is 43.9 Å². The molecular formula is C17H26N2O2. The van der Waals surface area contributed by atoms with Crippen LogP contribution in [-0.2, 0) is 11.2 Å². The topological polar surface area (TPSA) is 47.7 Å². The molecule has 0 spiro atoms. The summed E-state index contributed by atoms with van der Waals surface area (Å²) < 4.78 is 11.1. The Labute approximate surface area is 127 Å². The molecule has 21 heavy (non-hydrogen) atoms. The number of rotatable bonds is 2. The van der Waals surface area contributed by atoms with Crippen LogP contribution in [0.2, 0.25) is 0 Å². The zero-order valence-corrected chi connectivity index (χ0v) is 13.0. The molecule has 0 saturated carbocycles. The Kier molecular flexibility index (Phi) is 4.48. The first-order valence-corrected chi connectivity index (χ1v) is 7.97. The van der Waals surface area contributed by atoms with Crippen molar-refractivity contribution >= 4 is 0 Å². The fourth-order valence-electron chi connectivity index (χ4n) is 3.68. The van der Waals surface area contributed by atoms with Gasteiger partial charge < -0.3 is 15.2 Å². The summed E-state index contributed by atoms with van der Waals surface area (Å²) in [5, 5.41) is 0. The third-order valence-corrected chi connectivity index (χ3v) is 4.79. The highest BCUT2D eigenvalue weighted by atomic mass is 16.5. The van der Waals surface area contributed by atoms with Gasteiger partial charge in [0.05, 0.1) is 13.2 Å². The Hall–Kier alpha value is -1.10. The molecule has 0 aromatic heterocycles. The Balaban J connectivity index is 1.79. The lowest BCUT2D eigenvalue weighted by Crippen LogP contribution is -2.47. The van der Waals surface area contributed by atoms with Crippen molar-refractivity contribution in [3.63, 3.8) is 0 Å². The van der Waals surface area contributed by atoms with Gasteiger partial charge in [0, 0.05) is 31.8 Å². The predicted octanol–water partition coefficient (Wildman–Crippen LogP) is 2.12. The third kappa shape index (κ3) is 3.07. The molecule has 3 unspecified atom stereocenters. The van der Waals surface area contributed by atoms with Gasteiger partial charge >= 0.3 is 0 Å². The van der Waals surface area contributed by atoms with E-state index < -0.39 is 0 Å². The number of methoxy groups -OCH3 is 1. The first kappa shape index (κ1) is 14.8. The normalized spacial score (nSPS) is 30.5. The molecule has 1 aromatic carbocycles. The number of benzene rings is 1. The van der Waals surface area contributed by atoms with Crippen molar-refractivity contribution in [2.75, 3.05) is 26.8 Å². The van der Waals surface area contributed by atoms with E-state index in [0.29, 0.717) is 12.1 Å². The number of aryl methyl sites for hydroxylation is 1. The van der Waals surface area contributed by atoms with Crippen LogP contribution in [0.3, 0.4) is 0 Å². The number of nitrogens with zero attached hydrogens (tertiary/aromatic N) is 1. The summed E-state index contributed by atoms with van der Waals surface area (Å²) in [7, 11) is 1.71. The van der Waals surface area contributed by atoms with Crippen LogP contribution < -0.4 is 10.5 Å². The summed E-state index contributed by atoms with van der Waals surface area (Å²) in [6, 6.07) is 6.82. The molecule has 0 radical (unpaired) electrons. The van der Waals surface area contributed by atoms with E-state index in [9.17, 15) is 0 Å². The molecule has 4 heteroatoms. The highest BCUT2D eigenvalue weighted by Gasteiger charge is 2.32. The van der Waals surface area contributed by atoms with Crippen molar-refractivity contribution in [1.82, 2.24) is 4.90 Å². The molecule has 1 fully saturated rings. The van der Waals surface area contributed by atoms with Crippen LogP contribution in [0.1, 0.15) is 36.9 Å². The number of hydrogen-bond acceptors (Lipinski definition) is 4. The number of fused-ring (bicyclic) bond motifs is 1. The van der Waals surface area contributed by atoms with Crippen LogP contribution in [0.4, 0.5) is 0 Å². The van der Waals surface area contributed by atoms with E-state index in [0.717, 1.165) is 44.7 Å². The van der Waals surface area contributed by atoms with Gasteiger partial charge in [0.2, 0.25) is 0 Å². The smallest absolute Gasteiger partial charge is 0.119 e. The zero-order valence-electron chi connectivity index (χ0n) is 13.0. The van der Waals surface area contributed by atoms with Crippen LogP contribution >= 0.6 is 0 Å². The van der Waals surface area contributed by atoms with Gasteiger partial charge in [-0.15, -0.1) is 0 Å². The molecule has 0 bridgehead atoms. The largest absolute Gasteiger partial charge is 0.497 e. The maximum Gasteiger partial charge on any atom is 0.119 e. The molecular weight excluding hydrogens is 264 g/mol. The summed E-state index contributed by atoms with van der Waals surface area (Å²) in [4.78, 5) is 2.54. The van der Waals surface area contributed by atoms with Crippen LogP contribution in [0.15, 0.2) is 18.2 Å². The molecule has 1 aliphatic heterocycles. The highest BCUT2D eigenvalue weighted by molar-refractivity contribution is 5.40. The van der Waals surface area contributed by atoms with Crippen LogP contribution in [0.25, 0.3) is 0 Å². The van der Waals surface area contributed by atoms with E-state index in [2.05, 4.69) is 24.0 Å². The third-order valence-electron chi connectivity index (χ3n) is 4.79. The molecule has 2 aliphatic rings. The van der Waals surface area contributed by atoms with E-state index in [1.165, 1.54) is 11.1 Å². The van der Waals surface area contributed by atoms with E-state index in [1.807, 2.05) is 6.07 Å². The summed E-state index contributed by atoms with van der Waals surface area (Å²) >= 11 is 0. The molecule has 2 N–H and O–H groups in total. The predicted molar refractivity (Wildman–Crippen MR) is 83.6 cm³/mol. The van der Waals surface area contributed by atoms with E-state index in [-0.39, 0.29) is 6.04 Å². The first-order valence-electron chi connectivity index (χ1n) is 7.97. The van der Waals surface area contributed by atoms with Gasteiger partial charge in [-0.25, -0.2) is 0 Å². The van der Waals surface area contributed by atoms with Gasteiger partial charge in [-0.3, -0.25) is 4.90 Å². The quantitative estimate of drug-likeness (QED) is 0.906. The average Bonchev–Trinajstić information content (AvgIpc) is 2.71. The van der Waals surface area contributed by atoms with Crippen molar-refractivity contribution in [1.29, 1.82) is 0 Å². The van der Waals surface area contributed by atoms with Gasteiger partial charge in [-0.1, -0.05) is 6.07 Å². The fourth-order valence-corrected chi connectivity index (χ4v) is 3.68. The first-order chi connectivity index (χ1) is 10.2. The van der Waals surface area contributed by atoms with Crippen LogP contribution in [0, 0.1) is 0 Å². The second kappa shape index (κ2) is 6.34. The Morgan fingerprint density at radius 3 is 3.05 bits per heavy atom. The summed E-state index contributed by atoms with van der Waals surface area (Å²) in [5.74, 6) is 0.927. The van der Waals surface area contributed by atoms with Crippen LogP contribution in [0.5, 0.6) is 5.75 Å². The Morgan fingerprint density at radius 1 is 1.38 bits per heavy atom. The molecule has 1 aliphatic carbocycles. The summed E-state index contributed by atoms with van der Waals surface area (Å²) in [6.07, 6.45) is 3.60. The van der Waals surface area contributed by atoms with Gasteiger partial charge in [-0.05, 0) is 49.4 Å². The summed E-state index contributed by atoms with van der Waals surface area (Å²) in [5.41, 5.74) is 9.21. The van der Waals surface area contributed by atoms with Crippen molar-refractivity contribution in [2.45, 2.75) is 44.4 Å². The Bertz CT molecular complexity index is 492. The second-order valence-electron chi connectivity index (χ2n) is 6.23. The lowest BCUT2D eigenvalue weighted by molar-refractivity contribution is 0.0557. The van der Waals surface area contributed by atoms with Crippen molar-refractivity contribution < 1.29 is 9.47 Å². The summed E-state index contributed by atoms with van der Waals surface area (Å²) in [6.45, 7) is 5.11. The Morgan fingerprint density at radius 2 is 2.24 bits per heavy atom.